The summed E-state index contributed by atoms with van der Waals surface area (Å²) in [6, 6.07) is 3.15. The van der Waals surface area contributed by atoms with Crippen molar-refractivity contribution in [1.29, 1.82) is 0 Å². The van der Waals surface area contributed by atoms with Gasteiger partial charge in [0.05, 0.1) is 46.6 Å². The minimum atomic E-state index is -3.48. The molecule has 0 bridgehead atoms. The van der Waals surface area contributed by atoms with Crippen molar-refractivity contribution in [3.05, 3.63) is 47.6 Å². The average Bonchev–Trinajstić information content (AvgIpc) is 3.67. The maximum atomic E-state index is 13.4. The Balaban J connectivity index is 1.34. The lowest BCUT2D eigenvalue weighted by Crippen LogP contribution is -2.39. The summed E-state index contributed by atoms with van der Waals surface area (Å²) in [5.41, 5.74) is 1.63. The van der Waals surface area contributed by atoms with Crippen LogP contribution in [-0.2, 0) is 10.0 Å². The van der Waals surface area contributed by atoms with E-state index in [-0.39, 0.29) is 17.2 Å². The number of hydrogen-bond acceptors (Lipinski definition) is 10. The van der Waals surface area contributed by atoms with E-state index in [2.05, 4.69) is 35.3 Å². The Labute approximate surface area is 238 Å². The number of rotatable bonds is 11. The van der Waals surface area contributed by atoms with E-state index in [1.165, 1.54) is 11.3 Å². The molecule has 3 aromatic rings. The molecule has 1 aliphatic carbocycles. The Hall–Kier alpha value is -3.16. The van der Waals surface area contributed by atoms with Gasteiger partial charge in [0, 0.05) is 18.4 Å². The molecule has 1 saturated carbocycles. The summed E-state index contributed by atoms with van der Waals surface area (Å²) >= 11 is 1.22. The molecule has 0 unspecified atom stereocenters. The summed E-state index contributed by atoms with van der Waals surface area (Å²) in [5, 5.41) is 6.56. The van der Waals surface area contributed by atoms with Gasteiger partial charge in [0.25, 0.3) is 5.91 Å². The highest BCUT2D eigenvalue weighted by atomic mass is 32.2. The summed E-state index contributed by atoms with van der Waals surface area (Å²) in [4.78, 5) is 31.6. The fraction of sp³-hybridized carbons (Fsp3) is 0.519. The predicted molar refractivity (Wildman–Crippen MR) is 154 cm³/mol. The number of pyridine rings is 1. The van der Waals surface area contributed by atoms with Gasteiger partial charge in [-0.3, -0.25) is 19.5 Å². The Bertz CT molecular complexity index is 1400. The minimum absolute atomic E-state index is 0.211. The fourth-order valence-electron chi connectivity index (χ4n) is 5.21. The van der Waals surface area contributed by atoms with Crippen LogP contribution in [-0.4, -0.2) is 58.7 Å². The van der Waals surface area contributed by atoms with Gasteiger partial charge in [0.2, 0.25) is 15.9 Å². The quantitative estimate of drug-likeness (QED) is 0.303. The first-order valence-corrected chi connectivity index (χ1v) is 16.2. The van der Waals surface area contributed by atoms with E-state index in [0.29, 0.717) is 58.7 Å². The second kappa shape index (κ2) is 13.0. The van der Waals surface area contributed by atoms with Crippen molar-refractivity contribution in [2.75, 3.05) is 17.9 Å². The number of hydrogen-bond donors (Lipinski definition) is 3. The predicted octanol–water partition coefficient (Wildman–Crippen LogP) is 4.08. The van der Waals surface area contributed by atoms with Crippen molar-refractivity contribution in [2.45, 2.75) is 75.6 Å². The summed E-state index contributed by atoms with van der Waals surface area (Å²) in [7, 11) is -3.48. The van der Waals surface area contributed by atoms with Crippen LogP contribution in [0.1, 0.15) is 79.8 Å². The highest BCUT2D eigenvalue weighted by Gasteiger charge is 2.29. The zero-order valence-corrected chi connectivity index (χ0v) is 24.1. The first-order valence-electron chi connectivity index (χ1n) is 13.8. The van der Waals surface area contributed by atoms with Crippen LogP contribution in [0.2, 0.25) is 0 Å². The molecule has 3 N–H and O–H groups in total. The Morgan fingerprint density at radius 1 is 1.15 bits per heavy atom. The van der Waals surface area contributed by atoms with Gasteiger partial charge in [0.1, 0.15) is 5.69 Å². The van der Waals surface area contributed by atoms with Crippen LogP contribution in [0.4, 0.5) is 5.69 Å². The lowest BCUT2D eigenvalue weighted by molar-refractivity contribution is 0.0929. The molecule has 2 fully saturated rings. The zero-order valence-electron chi connectivity index (χ0n) is 22.5. The third kappa shape index (κ3) is 7.12. The van der Waals surface area contributed by atoms with E-state index in [0.717, 1.165) is 38.6 Å². The van der Waals surface area contributed by atoms with Crippen LogP contribution >= 0.6 is 11.3 Å². The SMILES string of the molecule is CCOc1cncc(-c2cnc(C(=O)N[C@H](C[C@@H]3CCCCN3)c3cc(NS(=O)(=O)C4CCCC4)ccn3)s2)n1. The number of amides is 1. The van der Waals surface area contributed by atoms with Crippen molar-refractivity contribution >= 4 is 33.0 Å². The number of ether oxygens (including phenoxy) is 1. The van der Waals surface area contributed by atoms with E-state index < -0.39 is 16.1 Å². The van der Waals surface area contributed by atoms with E-state index in [4.69, 9.17) is 4.74 Å². The van der Waals surface area contributed by atoms with E-state index in [1.807, 2.05) is 6.92 Å². The molecule has 3 aromatic heterocycles. The van der Waals surface area contributed by atoms with Gasteiger partial charge in [-0.05, 0) is 57.7 Å². The largest absolute Gasteiger partial charge is 0.477 e. The van der Waals surface area contributed by atoms with E-state index in [1.54, 1.807) is 36.9 Å². The molecule has 1 amide bonds. The zero-order chi connectivity index (χ0) is 28.0. The van der Waals surface area contributed by atoms with Crippen LogP contribution in [0.15, 0.2) is 36.9 Å². The van der Waals surface area contributed by atoms with Crippen LogP contribution in [0.25, 0.3) is 10.6 Å². The topological polar surface area (TPSA) is 148 Å². The number of aromatic nitrogens is 4. The number of nitrogens with one attached hydrogen (secondary N) is 3. The van der Waals surface area contributed by atoms with Gasteiger partial charge >= 0.3 is 0 Å². The molecule has 2 aliphatic rings. The van der Waals surface area contributed by atoms with Crippen molar-refractivity contribution in [3.63, 3.8) is 0 Å². The molecule has 214 valence electrons. The maximum absolute atomic E-state index is 13.4. The molecule has 4 heterocycles. The number of carbonyl (C=O) groups excluding carboxylic acids is 1. The number of nitrogens with zero attached hydrogens (tertiary/aromatic N) is 4. The Morgan fingerprint density at radius 2 is 1.98 bits per heavy atom. The van der Waals surface area contributed by atoms with Gasteiger partial charge in [-0.2, -0.15) is 0 Å². The highest BCUT2D eigenvalue weighted by Crippen LogP contribution is 2.29. The van der Waals surface area contributed by atoms with Crippen LogP contribution in [0.5, 0.6) is 5.88 Å². The first-order chi connectivity index (χ1) is 19.4. The average molecular weight is 586 g/mol. The van der Waals surface area contributed by atoms with Crippen LogP contribution in [0.3, 0.4) is 0 Å². The second-order valence-electron chi connectivity index (χ2n) is 10.1. The summed E-state index contributed by atoms with van der Waals surface area (Å²) in [6.45, 7) is 3.28. The minimum Gasteiger partial charge on any atom is -0.477 e. The van der Waals surface area contributed by atoms with Gasteiger partial charge in [-0.25, -0.2) is 18.4 Å². The van der Waals surface area contributed by atoms with Gasteiger partial charge in [-0.1, -0.05) is 19.3 Å². The molecular weight excluding hydrogens is 550 g/mol. The maximum Gasteiger partial charge on any atom is 0.280 e. The Kier molecular flexibility index (Phi) is 9.22. The lowest BCUT2D eigenvalue weighted by atomic mass is 9.96. The molecule has 11 nitrogen and oxygen atoms in total. The number of anilines is 1. The third-order valence-corrected chi connectivity index (χ3v) is 10.1. The number of thiazole rings is 1. The van der Waals surface area contributed by atoms with E-state index >= 15 is 0 Å². The van der Waals surface area contributed by atoms with Gasteiger partial charge < -0.3 is 15.4 Å². The molecule has 13 heteroatoms. The molecule has 2 atom stereocenters. The van der Waals surface area contributed by atoms with E-state index in [9.17, 15) is 13.2 Å². The van der Waals surface area contributed by atoms with Crippen molar-refractivity contribution in [2.24, 2.45) is 0 Å². The summed E-state index contributed by atoms with van der Waals surface area (Å²) in [6.07, 6.45) is 13.4. The number of carbonyl (C=O) groups is 1. The van der Waals surface area contributed by atoms with Gasteiger partial charge in [0.15, 0.2) is 5.01 Å². The third-order valence-electron chi connectivity index (χ3n) is 7.23. The molecule has 0 aromatic carbocycles. The molecule has 1 aliphatic heterocycles. The highest BCUT2D eigenvalue weighted by molar-refractivity contribution is 7.93. The van der Waals surface area contributed by atoms with Crippen molar-refractivity contribution in [3.8, 4) is 16.5 Å². The first kappa shape index (κ1) is 28.4. The smallest absolute Gasteiger partial charge is 0.280 e. The van der Waals surface area contributed by atoms with Crippen LogP contribution in [0, 0.1) is 0 Å². The lowest BCUT2D eigenvalue weighted by Gasteiger charge is -2.28. The number of sulfonamides is 1. The van der Waals surface area contributed by atoms with Crippen molar-refractivity contribution < 1.29 is 17.9 Å². The molecule has 0 radical (unpaired) electrons. The molecule has 0 spiro atoms. The fourth-order valence-corrected chi connectivity index (χ4v) is 7.56. The molecule has 1 saturated heterocycles. The van der Waals surface area contributed by atoms with Crippen LogP contribution < -0.4 is 20.1 Å². The molecule has 5 rings (SSSR count). The monoisotopic (exact) mass is 585 g/mol. The standard InChI is InChI=1S/C27H35N7O4S2/c1-2-38-25-17-28-15-23(32-25)24-16-31-27(39-24)26(35)33-22(13-18-7-5-6-11-29-18)21-14-19(10-12-30-21)34-40(36,37)20-8-3-4-9-20/h10,12,14-18,20,22,29H,2-9,11,13H2,1H3,(H,30,34)(H,33,35)/t18-,22+/m0/s1. The Morgan fingerprint density at radius 3 is 2.75 bits per heavy atom. The molecular formula is C27H35N7O4S2. The summed E-state index contributed by atoms with van der Waals surface area (Å²) in [5.74, 6) is 0.0821. The normalized spacial score (nSPS) is 18.8. The molecule has 40 heavy (non-hydrogen) atoms. The van der Waals surface area contributed by atoms with Crippen molar-refractivity contribution in [1.82, 2.24) is 30.6 Å². The summed E-state index contributed by atoms with van der Waals surface area (Å²) < 4.78 is 34.0. The second-order valence-corrected chi connectivity index (χ2v) is 13.1. The van der Waals surface area contributed by atoms with Gasteiger partial charge in [-0.15, -0.1) is 11.3 Å². The number of piperidine rings is 1.